The Morgan fingerprint density at radius 3 is 2.75 bits per heavy atom. The molecule has 3 heterocycles. The third-order valence-electron chi connectivity index (χ3n) is 5.42. The Morgan fingerprint density at radius 1 is 1.22 bits per heavy atom. The van der Waals surface area contributed by atoms with Crippen molar-refractivity contribution in [3.8, 4) is 11.1 Å². The third kappa shape index (κ3) is 5.49. The third-order valence-corrected chi connectivity index (χ3v) is 5.63. The van der Waals surface area contributed by atoms with Crippen LogP contribution < -0.4 is 16.4 Å². The molecule has 0 aliphatic rings. The summed E-state index contributed by atoms with van der Waals surface area (Å²) in [5, 5.41) is 11.3. The second-order valence-electron chi connectivity index (χ2n) is 7.96. The van der Waals surface area contributed by atoms with E-state index in [4.69, 9.17) is 31.8 Å². The van der Waals surface area contributed by atoms with Crippen LogP contribution in [0.2, 0.25) is 5.02 Å². The first-order chi connectivity index (χ1) is 17.4. The number of allylic oxidation sites excluding steroid dienone is 1. The molecule has 1 amide bonds. The maximum Gasteiger partial charge on any atom is 0.241 e. The molecule has 0 unspecified atom stereocenters. The molecular weight excluding hydrogens is 480 g/mol. The Bertz CT molecular complexity index is 1460. The van der Waals surface area contributed by atoms with E-state index in [0.717, 1.165) is 33.5 Å². The fourth-order valence-corrected chi connectivity index (χ4v) is 3.86. The van der Waals surface area contributed by atoms with E-state index in [0.29, 0.717) is 34.3 Å². The number of rotatable bonds is 8. The minimum absolute atomic E-state index is 0.0326. The number of anilines is 1. The number of hydrogen-bond acceptors (Lipinski definition) is 9. The predicted molar refractivity (Wildman–Crippen MR) is 141 cm³/mol. The Morgan fingerprint density at radius 2 is 2.06 bits per heavy atom. The molecule has 4 N–H and O–H groups in total. The van der Waals surface area contributed by atoms with Crippen molar-refractivity contribution >= 4 is 46.0 Å². The monoisotopic (exact) mass is 504 g/mol. The number of aliphatic imine (C=N–C) groups is 1. The minimum atomic E-state index is -0.216. The number of carbonyl (C=O) groups excluding carboxylic acids is 1. The number of carbonyl (C=O) groups is 1. The van der Waals surface area contributed by atoms with Crippen LogP contribution in [0.1, 0.15) is 22.8 Å². The Hall–Kier alpha value is -4.31. The molecule has 0 radical (unpaired) electrons. The van der Waals surface area contributed by atoms with Gasteiger partial charge in [0, 0.05) is 49.4 Å². The highest BCUT2D eigenvalue weighted by molar-refractivity contribution is 6.30. The summed E-state index contributed by atoms with van der Waals surface area (Å²) in [4.78, 5) is 29.2. The SMILES string of the molecule is CNC(=O)CN=CC(=CN)c1nc(NCc2cncc(Cl)c2)c2cc(-c3c(C)noc3C)ccc2n1. The number of aryl methyl sites for hydroxylation is 2. The molecule has 0 aliphatic heterocycles. The standard InChI is InChI=1S/C25H25ClN8O2/c1-14-23(15(2)36-34-14)17-4-5-21-20(7-17)25(31-10-16-6-19(26)12-29-9-16)33-24(32-21)18(8-27)11-30-13-22(35)28-3/h4-9,11-12H,10,13,27H2,1-3H3,(H,28,35)(H,31,32,33). The molecule has 0 spiro atoms. The van der Waals surface area contributed by atoms with Gasteiger partial charge in [-0.15, -0.1) is 0 Å². The van der Waals surface area contributed by atoms with Crippen LogP contribution in [-0.2, 0) is 11.3 Å². The van der Waals surface area contributed by atoms with E-state index >= 15 is 0 Å². The first kappa shape index (κ1) is 24.8. The van der Waals surface area contributed by atoms with Gasteiger partial charge in [-0.25, -0.2) is 9.97 Å². The first-order valence-corrected chi connectivity index (χ1v) is 11.5. The molecule has 4 rings (SSSR count). The van der Waals surface area contributed by atoms with Crippen molar-refractivity contribution in [2.24, 2.45) is 10.7 Å². The van der Waals surface area contributed by atoms with E-state index in [1.54, 1.807) is 19.4 Å². The van der Waals surface area contributed by atoms with Gasteiger partial charge < -0.3 is 20.9 Å². The summed E-state index contributed by atoms with van der Waals surface area (Å²) in [6.45, 7) is 4.18. The van der Waals surface area contributed by atoms with Gasteiger partial charge in [0.2, 0.25) is 5.91 Å². The number of likely N-dealkylation sites (N-methyl/N-ethyl adjacent to an activating group) is 1. The molecule has 10 nitrogen and oxygen atoms in total. The number of aromatic nitrogens is 4. The number of amides is 1. The number of pyridine rings is 1. The van der Waals surface area contributed by atoms with Crippen molar-refractivity contribution in [3.05, 3.63) is 70.7 Å². The van der Waals surface area contributed by atoms with Crippen molar-refractivity contribution in [2.45, 2.75) is 20.4 Å². The molecule has 0 saturated heterocycles. The summed E-state index contributed by atoms with van der Waals surface area (Å²) in [6, 6.07) is 7.69. The number of halogens is 1. The Balaban J connectivity index is 1.78. The fourth-order valence-electron chi connectivity index (χ4n) is 3.66. The van der Waals surface area contributed by atoms with Gasteiger partial charge in [0.15, 0.2) is 5.82 Å². The van der Waals surface area contributed by atoms with Gasteiger partial charge in [0.25, 0.3) is 0 Å². The van der Waals surface area contributed by atoms with Crippen LogP contribution in [0.25, 0.3) is 27.6 Å². The topological polar surface area (TPSA) is 144 Å². The number of nitrogens with two attached hydrogens (primary N) is 1. The van der Waals surface area contributed by atoms with E-state index in [-0.39, 0.29) is 12.5 Å². The molecule has 1 aromatic carbocycles. The van der Waals surface area contributed by atoms with Gasteiger partial charge in [-0.2, -0.15) is 0 Å². The van der Waals surface area contributed by atoms with Crippen LogP contribution >= 0.6 is 11.6 Å². The van der Waals surface area contributed by atoms with Gasteiger partial charge >= 0.3 is 0 Å². The van der Waals surface area contributed by atoms with E-state index < -0.39 is 0 Å². The number of fused-ring (bicyclic) bond motifs is 1. The maximum atomic E-state index is 11.5. The molecule has 36 heavy (non-hydrogen) atoms. The van der Waals surface area contributed by atoms with E-state index in [2.05, 4.69) is 25.8 Å². The summed E-state index contributed by atoms with van der Waals surface area (Å²) in [6.07, 6.45) is 6.15. The van der Waals surface area contributed by atoms with Crippen LogP contribution in [-0.4, -0.2) is 45.8 Å². The van der Waals surface area contributed by atoms with Crippen LogP contribution in [0.4, 0.5) is 5.82 Å². The quantitative estimate of drug-likeness (QED) is 0.308. The molecule has 0 atom stereocenters. The number of nitrogens with one attached hydrogen (secondary N) is 2. The van der Waals surface area contributed by atoms with Crippen molar-refractivity contribution < 1.29 is 9.32 Å². The molecule has 0 saturated carbocycles. The summed E-state index contributed by atoms with van der Waals surface area (Å²) in [5.74, 6) is 1.46. The molecule has 0 fully saturated rings. The Labute approximate surface area is 212 Å². The smallest absolute Gasteiger partial charge is 0.241 e. The minimum Gasteiger partial charge on any atom is -0.404 e. The summed E-state index contributed by atoms with van der Waals surface area (Å²) in [5.41, 5.74) is 10.6. The second kappa shape index (κ2) is 11.0. The first-order valence-electron chi connectivity index (χ1n) is 11.1. The van der Waals surface area contributed by atoms with Crippen LogP contribution in [0, 0.1) is 13.8 Å². The lowest BCUT2D eigenvalue weighted by atomic mass is 10.0. The largest absolute Gasteiger partial charge is 0.404 e. The van der Waals surface area contributed by atoms with E-state index in [9.17, 15) is 4.79 Å². The average molecular weight is 505 g/mol. The molecule has 0 bridgehead atoms. The van der Waals surface area contributed by atoms with Crippen LogP contribution in [0.5, 0.6) is 0 Å². The van der Waals surface area contributed by atoms with Crippen molar-refractivity contribution in [1.29, 1.82) is 0 Å². The number of benzene rings is 1. The van der Waals surface area contributed by atoms with E-state index in [1.807, 2.05) is 38.1 Å². The lowest BCUT2D eigenvalue weighted by Crippen LogP contribution is -2.20. The lowest BCUT2D eigenvalue weighted by molar-refractivity contribution is -0.119. The predicted octanol–water partition coefficient (Wildman–Crippen LogP) is 3.68. The number of hydrogen-bond donors (Lipinski definition) is 3. The highest BCUT2D eigenvalue weighted by atomic mass is 35.5. The van der Waals surface area contributed by atoms with Gasteiger partial charge in [-0.3, -0.25) is 14.8 Å². The molecule has 4 aromatic rings. The van der Waals surface area contributed by atoms with Crippen molar-refractivity contribution in [3.63, 3.8) is 0 Å². The summed E-state index contributed by atoms with van der Waals surface area (Å²) >= 11 is 6.10. The summed E-state index contributed by atoms with van der Waals surface area (Å²) < 4.78 is 5.36. The molecule has 184 valence electrons. The van der Waals surface area contributed by atoms with Gasteiger partial charge in [-0.1, -0.05) is 22.8 Å². The van der Waals surface area contributed by atoms with Gasteiger partial charge in [0.05, 0.1) is 21.8 Å². The fraction of sp³-hybridized carbons (Fsp3) is 0.200. The maximum absolute atomic E-state index is 11.5. The normalized spacial score (nSPS) is 11.8. The van der Waals surface area contributed by atoms with E-state index in [1.165, 1.54) is 12.4 Å². The van der Waals surface area contributed by atoms with Crippen molar-refractivity contribution in [2.75, 3.05) is 18.9 Å². The van der Waals surface area contributed by atoms with Crippen molar-refractivity contribution in [1.82, 2.24) is 25.4 Å². The Kier molecular flexibility index (Phi) is 7.55. The molecular formula is C25H25ClN8O2. The number of nitrogens with zero attached hydrogens (tertiary/aromatic N) is 5. The highest BCUT2D eigenvalue weighted by Crippen LogP contribution is 2.32. The molecule has 11 heteroatoms. The molecule has 0 aliphatic carbocycles. The zero-order valence-electron chi connectivity index (χ0n) is 20.0. The average Bonchev–Trinajstić information content (AvgIpc) is 3.22. The summed E-state index contributed by atoms with van der Waals surface area (Å²) in [7, 11) is 1.55. The highest BCUT2D eigenvalue weighted by Gasteiger charge is 2.16. The molecule has 3 aromatic heterocycles. The lowest BCUT2D eigenvalue weighted by Gasteiger charge is -2.13. The zero-order valence-corrected chi connectivity index (χ0v) is 20.8. The zero-order chi connectivity index (χ0) is 25.7. The van der Waals surface area contributed by atoms with Gasteiger partial charge in [-0.05, 0) is 43.2 Å². The second-order valence-corrected chi connectivity index (χ2v) is 8.39. The van der Waals surface area contributed by atoms with Crippen LogP contribution in [0.3, 0.4) is 0 Å². The van der Waals surface area contributed by atoms with Crippen LogP contribution in [0.15, 0.2) is 52.4 Å². The van der Waals surface area contributed by atoms with Gasteiger partial charge in [0.1, 0.15) is 18.1 Å².